The first kappa shape index (κ1) is 19.0. The van der Waals surface area contributed by atoms with E-state index in [1.807, 2.05) is 0 Å². The van der Waals surface area contributed by atoms with Crippen LogP contribution in [0.5, 0.6) is 0 Å². The smallest absolute Gasteiger partial charge is 0.344 e. The molecule has 0 saturated carbocycles. The van der Waals surface area contributed by atoms with Crippen LogP contribution in [0.4, 0.5) is 13.8 Å². The molecule has 1 N–H and O–H groups in total. The number of ether oxygens (including phenoxy) is 2. The average molecular weight is 395 g/mol. The van der Waals surface area contributed by atoms with Crippen LogP contribution in [0.3, 0.4) is 0 Å². The SMILES string of the molecule is COC(=O)c1c(NC(=O)COC(=O)c2c(F)cccc2F)sc2c1CCC2. The van der Waals surface area contributed by atoms with Crippen LogP contribution in [-0.4, -0.2) is 31.6 Å². The Hall–Kier alpha value is -2.81. The molecule has 27 heavy (non-hydrogen) atoms. The van der Waals surface area contributed by atoms with Gasteiger partial charge >= 0.3 is 11.9 Å². The van der Waals surface area contributed by atoms with Crippen molar-refractivity contribution in [2.75, 3.05) is 19.0 Å². The number of benzene rings is 1. The Bertz CT molecular complexity index is 904. The number of aryl methyl sites for hydroxylation is 1. The molecule has 9 heteroatoms. The largest absolute Gasteiger partial charge is 0.465 e. The topological polar surface area (TPSA) is 81.7 Å². The van der Waals surface area contributed by atoms with Crippen LogP contribution in [0.1, 0.15) is 37.6 Å². The second-order valence-corrected chi connectivity index (χ2v) is 6.88. The van der Waals surface area contributed by atoms with Crippen molar-refractivity contribution in [3.63, 3.8) is 0 Å². The van der Waals surface area contributed by atoms with E-state index in [0.717, 1.165) is 41.5 Å². The second kappa shape index (κ2) is 7.83. The maximum absolute atomic E-state index is 13.6. The van der Waals surface area contributed by atoms with Gasteiger partial charge in [-0.15, -0.1) is 11.3 Å². The first-order valence-electron chi connectivity index (χ1n) is 8.06. The van der Waals surface area contributed by atoms with Crippen LogP contribution in [0.25, 0.3) is 0 Å². The highest BCUT2D eigenvalue weighted by Gasteiger charge is 2.28. The molecule has 1 aliphatic carbocycles. The van der Waals surface area contributed by atoms with E-state index in [4.69, 9.17) is 4.74 Å². The van der Waals surface area contributed by atoms with Crippen molar-refractivity contribution in [1.29, 1.82) is 0 Å². The van der Waals surface area contributed by atoms with Crippen LogP contribution in [-0.2, 0) is 27.1 Å². The maximum atomic E-state index is 13.6. The van der Waals surface area contributed by atoms with E-state index in [1.54, 1.807) is 0 Å². The van der Waals surface area contributed by atoms with Gasteiger partial charge in [-0.1, -0.05) is 6.07 Å². The Morgan fingerprint density at radius 3 is 2.48 bits per heavy atom. The van der Waals surface area contributed by atoms with E-state index in [1.165, 1.54) is 18.4 Å². The summed E-state index contributed by atoms with van der Waals surface area (Å²) < 4.78 is 36.6. The number of nitrogens with one attached hydrogen (secondary N) is 1. The lowest BCUT2D eigenvalue weighted by Gasteiger charge is -2.08. The highest BCUT2D eigenvalue weighted by molar-refractivity contribution is 7.17. The van der Waals surface area contributed by atoms with Crippen molar-refractivity contribution < 1.29 is 32.6 Å². The third-order valence-electron chi connectivity index (χ3n) is 4.07. The van der Waals surface area contributed by atoms with Gasteiger partial charge in [-0.3, -0.25) is 4.79 Å². The van der Waals surface area contributed by atoms with Crippen molar-refractivity contribution in [3.8, 4) is 0 Å². The van der Waals surface area contributed by atoms with Gasteiger partial charge in [0.15, 0.2) is 6.61 Å². The Labute approximate surface area is 157 Å². The van der Waals surface area contributed by atoms with E-state index >= 15 is 0 Å². The van der Waals surface area contributed by atoms with Crippen molar-refractivity contribution >= 4 is 34.2 Å². The minimum atomic E-state index is -1.29. The van der Waals surface area contributed by atoms with Gasteiger partial charge in [-0.25, -0.2) is 18.4 Å². The number of hydrogen-bond donors (Lipinski definition) is 1. The minimum Gasteiger partial charge on any atom is -0.465 e. The van der Waals surface area contributed by atoms with Gasteiger partial charge in [0, 0.05) is 4.88 Å². The summed E-state index contributed by atoms with van der Waals surface area (Å²) in [4.78, 5) is 36.9. The summed E-state index contributed by atoms with van der Waals surface area (Å²) in [5.41, 5.74) is 0.290. The molecule has 0 saturated heterocycles. The summed E-state index contributed by atoms with van der Waals surface area (Å²) in [6, 6.07) is 2.93. The molecule has 0 spiro atoms. The standard InChI is InChI=1S/C18H15F2NO5S/c1-25-17(23)14-9-4-2-7-12(9)27-16(14)21-13(22)8-26-18(24)15-10(19)5-3-6-11(15)20/h3,5-6H,2,4,7-8H2,1H3,(H,21,22). The number of halogens is 2. The molecule has 6 nitrogen and oxygen atoms in total. The molecule has 1 aliphatic rings. The Kier molecular flexibility index (Phi) is 5.50. The van der Waals surface area contributed by atoms with E-state index in [-0.39, 0.29) is 0 Å². The lowest BCUT2D eigenvalue weighted by molar-refractivity contribution is -0.119. The fourth-order valence-corrected chi connectivity index (χ4v) is 4.16. The number of thiophene rings is 1. The summed E-state index contributed by atoms with van der Waals surface area (Å²) in [7, 11) is 1.25. The summed E-state index contributed by atoms with van der Waals surface area (Å²) in [5, 5.41) is 2.82. The Balaban J connectivity index is 1.68. The fourth-order valence-electron chi connectivity index (χ4n) is 2.87. The zero-order valence-electron chi connectivity index (χ0n) is 14.3. The molecular weight excluding hydrogens is 380 g/mol. The van der Waals surface area contributed by atoms with Crippen molar-refractivity contribution in [3.05, 3.63) is 51.4 Å². The molecule has 1 aromatic carbocycles. The second-order valence-electron chi connectivity index (χ2n) is 5.77. The number of carbonyl (C=O) groups is 3. The van der Waals surface area contributed by atoms with E-state index in [2.05, 4.69) is 10.1 Å². The minimum absolute atomic E-state index is 0.301. The summed E-state index contributed by atoms with van der Waals surface area (Å²) in [5.74, 6) is -4.74. The normalized spacial score (nSPS) is 12.4. The molecule has 0 atom stereocenters. The molecule has 2 aromatic rings. The molecule has 142 valence electrons. The van der Waals surface area contributed by atoms with Crippen molar-refractivity contribution in [1.82, 2.24) is 0 Å². The predicted octanol–water partition coefficient (Wildman–Crippen LogP) is 3.10. The Morgan fingerprint density at radius 1 is 1.11 bits per heavy atom. The van der Waals surface area contributed by atoms with Crippen molar-refractivity contribution in [2.45, 2.75) is 19.3 Å². The third-order valence-corrected chi connectivity index (χ3v) is 5.27. The van der Waals surface area contributed by atoms with Gasteiger partial charge in [0.2, 0.25) is 0 Å². The molecule has 0 fully saturated rings. The number of methoxy groups -OCH3 is 1. The zero-order chi connectivity index (χ0) is 19.6. The van der Waals surface area contributed by atoms with E-state index in [0.29, 0.717) is 17.0 Å². The monoisotopic (exact) mass is 395 g/mol. The van der Waals surface area contributed by atoms with Crippen LogP contribution >= 0.6 is 11.3 Å². The van der Waals surface area contributed by atoms with Gasteiger partial charge in [0.25, 0.3) is 5.91 Å². The van der Waals surface area contributed by atoms with Gasteiger partial charge in [0.1, 0.15) is 22.2 Å². The maximum Gasteiger partial charge on any atom is 0.344 e. The van der Waals surface area contributed by atoms with Crippen LogP contribution in [0, 0.1) is 11.6 Å². The van der Waals surface area contributed by atoms with Crippen LogP contribution in [0.15, 0.2) is 18.2 Å². The molecule has 1 heterocycles. The number of fused-ring (bicyclic) bond motifs is 1. The lowest BCUT2D eigenvalue weighted by Crippen LogP contribution is -2.22. The first-order chi connectivity index (χ1) is 12.9. The number of esters is 2. The molecule has 1 aromatic heterocycles. The lowest BCUT2D eigenvalue weighted by atomic mass is 10.1. The van der Waals surface area contributed by atoms with Gasteiger partial charge in [0.05, 0.1) is 12.7 Å². The number of hydrogen-bond acceptors (Lipinski definition) is 6. The highest BCUT2D eigenvalue weighted by Crippen LogP contribution is 2.39. The first-order valence-corrected chi connectivity index (χ1v) is 8.87. The Morgan fingerprint density at radius 2 is 1.81 bits per heavy atom. The highest BCUT2D eigenvalue weighted by atomic mass is 32.1. The quantitative estimate of drug-likeness (QED) is 0.787. The average Bonchev–Trinajstić information content (AvgIpc) is 3.20. The third kappa shape index (κ3) is 3.82. The molecular formula is C18H15F2NO5S. The van der Waals surface area contributed by atoms with E-state index in [9.17, 15) is 23.2 Å². The van der Waals surface area contributed by atoms with Gasteiger partial charge in [-0.2, -0.15) is 0 Å². The van der Waals surface area contributed by atoms with E-state index < -0.39 is 41.7 Å². The summed E-state index contributed by atoms with van der Waals surface area (Å²) in [6.07, 6.45) is 2.44. The summed E-state index contributed by atoms with van der Waals surface area (Å²) >= 11 is 1.26. The van der Waals surface area contributed by atoms with Crippen LogP contribution < -0.4 is 5.32 Å². The molecule has 0 bridgehead atoms. The number of rotatable bonds is 5. The van der Waals surface area contributed by atoms with Crippen molar-refractivity contribution in [2.24, 2.45) is 0 Å². The molecule has 0 unspecified atom stereocenters. The molecule has 3 rings (SSSR count). The summed E-state index contributed by atoms with van der Waals surface area (Å²) in [6.45, 7) is -0.754. The number of amides is 1. The predicted molar refractivity (Wildman–Crippen MR) is 93.0 cm³/mol. The van der Waals surface area contributed by atoms with Gasteiger partial charge < -0.3 is 14.8 Å². The fraction of sp³-hybridized carbons (Fsp3) is 0.278. The van der Waals surface area contributed by atoms with Gasteiger partial charge in [-0.05, 0) is 37.0 Å². The molecule has 1 amide bonds. The van der Waals surface area contributed by atoms with Crippen LogP contribution in [0.2, 0.25) is 0 Å². The molecule has 0 aliphatic heterocycles. The number of carbonyl (C=O) groups excluding carboxylic acids is 3. The number of anilines is 1. The molecule has 0 radical (unpaired) electrons. The zero-order valence-corrected chi connectivity index (χ0v) is 15.1.